The quantitative estimate of drug-likeness (QED) is 0.555. The highest BCUT2D eigenvalue weighted by Gasteiger charge is 2.26. The fourth-order valence-corrected chi connectivity index (χ4v) is 3.29. The van der Waals surface area contributed by atoms with Gasteiger partial charge in [0.15, 0.2) is 6.61 Å². The highest BCUT2D eigenvalue weighted by Crippen LogP contribution is 2.17. The summed E-state index contributed by atoms with van der Waals surface area (Å²) in [5.41, 5.74) is 4.93. The van der Waals surface area contributed by atoms with Crippen LogP contribution in [0.3, 0.4) is 0 Å². The summed E-state index contributed by atoms with van der Waals surface area (Å²) in [7, 11) is 0. The molecule has 2 aromatic rings. The summed E-state index contributed by atoms with van der Waals surface area (Å²) < 4.78 is 6.88. The Kier molecular flexibility index (Phi) is 6.26. The monoisotopic (exact) mass is 395 g/mol. The van der Waals surface area contributed by atoms with Gasteiger partial charge in [-0.3, -0.25) is 19.2 Å². The first kappa shape index (κ1) is 20.5. The van der Waals surface area contributed by atoms with Gasteiger partial charge in [0, 0.05) is 30.3 Å². The van der Waals surface area contributed by atoms with Crippen LogP contribution in [0.5, 0.6) is 0 Å². The van der Waals surface area contributed by atoms with Crippen molar-refractivity contribution >= 4 is 23.9 Å². The molecule has 1 aromatic carbocycles. The molecule has 0 unspecified atom stereocenters. The first-order valence-electron chi connectivity index (χ1n) is 9.62. The smallest absolute Gasteiger partial charge is 0.331 e. The number of imide groups is 1. The molecule has 1 saturated heterocycles. The van der Waals surface area contributed by atoms with Gasteiger partial charge in [0.1, 0.15) is 0 Å². The maximum Gasteiger partial charge on any atom is 0.331 e. The summed E-state index contributed by atoms with van der Waals surface area (Å²) >= 11 is 0. The number of amides is 2. The molecule has 0 spiro atoms. The average molecular weight is 395 g/mol. The van der Waals surface area contributed by atoms with Crippen LogP contribution in [0, 0.1) is 20.8 Å². The first-order chi connectivity index (χ1) is 13.8. The normalized spacial score (nSPS) is 14.0. The molecule has 29 heavy (non-hydrogen) atoms. The Hall–Kier alpha value is -3.22. The van der Waals surface area contributed by atoms with Crippen molar-refractivity contribution in [3.63, 3.8) is 0 Å². The molecule has 0 bridgehead atoms. The number of nitrogens with zero attached hydrogens (tertiary/aromatic N) is 3. The topological polar surface area (TPSA) is 81.5 Å². The van der Waals surface area contributed by atoms with Gasteiger partial charge in [0.2, 0.25) is 5.91 Å². The van der Waals surface area contributed by atoms with Crippen molar-refractivity contribution in [2.75, 3.05) is 13.2 Å². The Labute approximate surface area is 170 Å². The Morgan fingerprint density at radius 1 is 1.17 bits per heavy atom. The standard InChI is InChI=1S/C22H25N3O4/c1-15-6-8-18(9-7-15)13-25-17(3)19(16(2)23-25)10-11-22(28)29-14-21(27)24-12-4-5-20(24)26/h6-11H,4-5,12-14H2,1-3H3/b11-10+. The van der Waals surface area contributed by atoms with Crippen LogP contribution in [0.4, 0.5) is 0 Å². The predicted octanol–water partition coefficient (Wildman–Crippen LogP) is 2.56. The van der Waals surface area contributed by atoms with Crippen LogP contribution in [0.1, 0.15) is 40.9 Å². The zero-order valence-corrected chi connectivity index (χ0v) is 17.0. The number of aromatic nitrogens is 2. The molecule has 0 radical (unpaired) electrons. The van der Waals surface area contributed by atoms with E-state index in [9.17, 15) is 14.4 Å². The number of hydrogen-bond donors (Lipinski definition) is 0. The fraction of sp³-hybridized carbons (Fsp3) is 0.364. The van der Waals surface area contributed by atoms with E-state index in [1.54, 1.807) is 6.08 Å². The average Bonchev–Trinajstić information content (AvgIpc) is 3.23. The van der Waals surface area contributed by atoms with Crippen molar-refractivity contribution in [2.45, 2.75) is 40.2 Å². The van der Waals surface area contributed by atoms with E-state index < -0.39 is 18.5 Å². The summed E-state index contributed by atoms with van der Waals surface area (Å²) in [6.45, 7) is 6.48. The third-order valence-electron chi connectivity index (χ3n) is 4.99. The molecule has 152 valence electrons. The number of likely N-dealkylation sites (tertiary alicyclic amines) is 1. The van der Waals surface area contributed by atoms with Gasteiger partial charge in [-0.2, -0.15) is 5.10 Å². The third kappa shape index (κ3) is 4.99. The molecule has 7 heteroatoms. The van der Waals surface area contributed by atoms with Crippen molar-refractivity contribution in [1.29, 1.82) is 0 Å². The Bertz CT molecular complexity index is 957. The van der Waals surface area contributed by atoms with E-state index >= 15 is 0 Å². The lowest BCUT2D eigenvalue weighted by Crippen LogP contribution is -2.35. The second-order valence-corrected chi connectivity index (χ2v) is 7.21. The number of rotatable bonds is 6. The molecule has 0 atom stereocenters. The SMILES string of the molecule is Cc1ccc(Cn2nc(C)c(/C=C/C(=O)OCC(=O)N3CCCC3=O)c2C)cc1. The number of aryl methyl sites for hydroxylation is 2. The van der Waals surface area contributed by atoms with Crippen LogP contribution in [0.2, 0.25) is 0 Å². The van der Waals surface area contributed by atoms with Gasteiger partial charge in [-0.25, -0.2) is 4.79 Å². The van der Waals surface area contributed by atoms with Gasteiger partial charge in [-0.05, 0) is 38.8 Å². The zero-order valence-electron chi connectivity index (χ0n) is 17.0. The summed E-state index contributed by atoms with van der Waals surface area (Å²) in [4.78, 5) is 36.6. The molecule has 1 aromatic heterocycles. The van der Waals surface area contributed by atoms with E-state index in [1.807, 2.05) is 25.5 Å². The van der Waals surface area contributed by atoms with E-state index in [2.05, 4.69) is 29.4 Å². The second-order valence-electron chi connectivity index (χ2n) is 7.21. The summed E-state index contributed by atoms with van der Waals surface area (Å²) in [6, 6.07) is 8.27. The largest absolute Gasteiger partial charge is 0.452 e. The maximum atomic E-state index is 12.0. The minimum atomic E-state index is -0.630. The van der Waals surface area contributed by atoms with Crippen molar-refractivity contribution in [1.82, 2.24) is 14.7 Å². The van der Waals surface area contributed by atoms with Crippen molar-refractivity contribution in [2.24, 2.45) is 0 Å². The van der Waals surface area contributed by atoms with Crippen LogP contribution in [0.25, 0.3) is 6.08 Å². The number of carbonyl (C=O) groups is 3. The molecule has 7 nitrogen and oxygen atoms in total. The molecule has 1 aliphatic heterocycles. The van der Waals surface area contributed by atoms with E-state index in [0.717, 1.165) is 27.4 Å². The van der Waals surface area contributed by atoms with E-state index in [1.165, 1.54) is 11.6 Å². The van der Waals surface area contributed by atoms with Gasteiger partial charge in [-0.1, -0.05) is 29.8 Å². The number of hydrogen-bond acceptors (Lipinski definition) is 5. The minimum Gasteiger partial charge on any atom is -0.452 e. The Morgan fingerprint density at radius 3 is 2.55 bits per heavy atom. The second kappa shape index (κ2) is 8.86. The zero-order chi connectivity index (χ0) is 21.0. The van der Waals surface area contributed by atoms with Gasteiger partial charge in [-0.15, -0.1) is 0 Å². The summed E-state index contributed by atoms with van der Waals surface area (Å²) in [5, 5.41) is 4.56. The molecular formula is C22H25N3O4. The summed E-state index contributed by atoms with van der Waals surface area (Å²) in [5.74, 6) is -1.32. The minimum absolute atomic E-state index is 0.214. The highest BCUT2D eigenvalue weighted by molar-refractivity contribution is 5.98. The van der Waals surface area contributed by atoms with Gasteiger partial charge in [0.25, 0.3) is 5.91 Å². The number of esters is 1. The lowest BCUT2D eigenvalue weighted by atomic mass is 10.1. The van der Waals surface area contributed by atoms with Crippen molar-refractivity contribution in [3.8, 4) is 0 Å². The van der Waals surface area contributed by atoms with Gasteiger partial charge in [0.05, 0.1) is 12.2 Å². The Balaban J connectivity index is 1.60. The van der Waals surface area contributed by atoms with Crippen molar-refractivity contribution in [3.05, 3.63) is 58.4 Å². The van der Waals surface area contributed by atoms with E-state index in [4.69, 9.17) is 4.74 Å². The lowest BCUT2D eigenvalue weighted by Gasteiger charge is -2.12. The molecule has 0 aliphatic carbocycles. The number of ether oxygens (including phenoxy) is 1. The Morgan fingerprint density at radius 2 is 1.90 bits per heavy atom. The third-order valence-corrected chi connectivity index (χ3v) is 4.99. The summed E-state index contributed by atoms with van der Waals surface area (Å²) in [6.07, 6.45) is 3.96. The van der Waals surface area contributed by atoms with Gasteiger partial charge < -0.3 is 4.74 Å². The molecule has 3 rings (SSSR count). The predicted molar refractivity (Wildman–Crippen MR) is 108 cm³/mol. The number of benzene rings is 1. The highest BCUT2D eigenvalue weighted by atomic mass is 16.5. The van der Waals surface area contributed by atoms with Crippen LogP contribution in [-0.2, 0) is 25.7 Å². The molecule has 2 heterocycles. The van der Waals surface area contributed by atoms with E-state index in [0.29, 0.717) is 25.9 Å². The van der Waals surface area contributed by atoms with Crippen molar-refractivity contribution < 1.29 is 19.1 Å². The molecule has 1 aliphatic rings. The lowest BCUT2D eigenvalue weighted by molar-refractivity contribution is -0.151. The van der Waals surface area contributed by atoms with Crippen LogP contribution < -0.4 is 0 Å². The van der Waals surface area contributed by atoms with Crippen LogP contribution in [0.15, 0.2) is 30.3 Å². The van der Waals surface area contributed by atoms with E-state index in [-0.39, 0.29) is 5.91 Å². The molecule has 1 fully saturated rings. The van der Waals surface area contributed by atoms with Crippen LogP contribution in [-0.4, -0.2) is 45.6 Å². The number of carbonyl (C=O) groups excluding carboxylic acids is 3. The maximum absolute atomic E-state index is 12.0. The molecule has 0 saturated carbocycles. The van der Waals surface area contributed by atoms with Crippen LogP contribution >= 0.6 is 0 Å². The molecule has 0 N–H and O–H groups in total. The van der Waals surface area contributed by atoms with Gasteiger partial charge >= 0.3 is 5.97 Å². The fourth-order valence-electron chi connectivity index (χ4n) is 3.29. The first-order valence-corrected chi connectivity index (χ1v) is 9.62. The molecule has 2 amide bonds. The molecular weight excluding hydrogens is 370 g/mol.